The van der Waals surface area contributed by atoms with E-state index in [1.165, 1.54) is 0 Å². The number of amides is 1. The zero-order chi connectivity index (χ0) is 22.1. The highest BCUT2D eigenvalue weighted by Gasteiger charge is 2.25. The molecule has 0 atom stereocenters. The van der Waals surface area contributed by atoms with Crippen LogP contribution >= 0.6 is 0 Å². The summed E-state index contributed by atoms with van der Waals surface area (Å²) in [6, 6.07) is 10.5. The molecule has 0 aliphatic heterocycles. The van der Waals surface area contributed by atoms with Crippen molar-refractivity contribution in [2.75, 3.05) is 6.54 Å². The number of hydrogen-bond donors (Lipinski definition) is 1. The molecule has 0 spiro atoms. The molecule has 0 saturated heterocycles. The quantitative estimate of drug-likeness (QED) is 0.661. The van der Waals surface area contributed by atoms with Gasteiger partial charge in [-0.2, -0.15) is 5.10 Å². The van der Waals surface area contributed by atoms with E-state index >= 15 is 0 Å². The maximum absolute atomic E-state index is 13.5. The van der Waals surface area contributed by atoms with Crippen molar-refractivity contribution in [3.8, 4) is 11.1 Å². The first-order valence-electron chi connectivity index (χ1n) is 11.4. The molecule has 1 amide bonds. The molecule has 4 rings (SSSR count). The molecule has 164 valence electrons. The Kier molecular flexibility index (Phi) is 6.10. The molecule has 2 heterocycles. The van der Waals surface area contributed by atoms with Crippen molar-refractivity contribution in [1.82, 2.24) is 19.7 Å². The summed E-state index contributed by atoms with van der Waals surface area (Å²) < 4.78 is 1.83. The number of carbonyl (C=O) groups excluding carboxylic acids is 1. The number of aromatic nitrogens is 3. The second-order valence-corrected chi connectivity index (χ2v) is 8.94. The fourth-order valence-corrected chi connectivity index (χ4v) is 4.78. The fourth-order valence-electron chi connectivity index (χ4n) is 4.78. The van der Waals surface area contributed by atoms with E-state index < -0.39 is 0 Å². The molecule has 6 heteroatoms. The van der Waals surface area contributed by atoms with E-state index in [9.17, 15) is 4.79 Å². The molecule has 1 aromatic carbocycles. The van der Waals surface area contributed by atoms with Crippen molar-refractivity contribution in [1.29, 1.82) is 0 Å². The summed E-state index contributed by atoms with van der Waals surface area (Å²) in [4.78, 5) is 20.3. The number of rotatable bonds is 5. The third-order valence-corrected chi connectivity index (χ3v) is 6.59. The molecule has 0 radical (unpaired) electrons. The van der Waals surface area contributed by atoms with Gasteiger partial charge in [-0.25, -0.2) is 4.98 Å². The van der Waals surface area contributed by atoms with E-state index in [0.29, 0.717) is 18.5 Å². The molecule has 1 fully saturated rings. The van der Waals surface area contributed by atoms with Crippen molar-refractivity contribution >= 4 is 16.9 Å². The Morgan fingerprint density at radius 3 is 2.58 bits per heavy atom. The van der Waals surface area contributed by atoms with E-state index in [4.69, 9.17) is 10.7 Å². The summed E-state index contributed by atoms with van der Waals surface area (Å²) in [6.45, 7) is 6.82. The van der Waals surface area contributed by atoms with Gasteiger partial charge in [0.05, 0.1) is 6.20 Å². The highest BCUT2D eigenvalue weighted by molar-refractivity contribution is 6.05. The smallest absolute Gasteiger partial charge is 0.254 e. The van der Waals surface area contributed by atoms with Gasteiger partial charge in [0.1, 0.15) is 0 Å². The van der Waals surface area contributed by atoms with Gasteiger partial charge in [-0.15, -0.1) is 0 Å². The van der Waals surface area contributed by atoms with Gasteiger partial charge in [-0.05, 0) is 69.7 Å². The van der Waals surface area contributed by atoms with Crippen LogP contribution in [-0.4, -0.2) is 44.2 Å². The molecule has 1 aliphatic carbocycles. The van der Waals surface area contributed by atoms with Gasteiger partial charge < -0.3 is 10.6 Å². The van der Waals surface area contributed by atoms with Gasteiger partial charge in [0.2, 0.25) is 0 Å². The van der Waals surface area contributed by atoms with Crippen LogP contribution in [0.3, 0.4) is 0 Å². The highest BCUT2D eigenvalue weighted by atomic mass is 16.2. The van der Waals surface area contributed by atoms with Crippen LogP contribution in [-0.2, 0) is 7.05 Å². The van der Waals surface area contributed by atoms with Gasteiger partial charge in [-0.1, -0.05) is 18.2 Å². The lowest BCUT2D eigenvalue weighted by molar-refractivity contribution is 0.0717. The van der Waals surface area contributed by atoms with Crippen LogP contribution in [0.15, 0.2) is 36.5 Å². The number of carbonyl (C=O) groups is 1. The molecule has 2 aromatic heterocycles. The van der Waals surface area contributed by atoms with Crippen LogP contribution in [0.25, 0.3) is 22.2 Å². The molecule has 3 aromatic rings. The van der Waals surface area contributed by atoms with Gasteiger partial charge in [-0.3, -0.25) is 9.48 Å². The van der Waals surface area contributed by atoms with Crippen LogP contribution in [0.2, 0.25) is 0 Å². The Morgan fingerprint density at radius 1 is 1.19 bits per heavy atom. The largest absolute Gasteiger partial charge is 0.336 e. The van der Waals surface area contributed by atoms with E-state index in [1.807, 2.05) is 54.0 Å². The maximum Gasteiger partial charge on any atom is 0.254 e. The minimum atomic E-state index is 0.0622. The third kappa shape index (κ3) is 4.09. The molecular weight excluding hydrogens is 386 g/mol. The average molecular weight is 420 g/mol. The fraction of sp³-hybridized carbons (Fsp3) is 0.480. The lowest BCUT2D eigenvalue weighted by Gasteiger charge is -2.27. The number of aryl methyl sites for hydroxylation is 1. The molecular formula is C25H33N5O. The van der Waals surface area contributed by atoms with Gasteiger partial charge >= 0.3 is 0 Å². The van der Waals surface area contributed by atoms with Crippen LogP contribution in [0, 0.1) is 0 Å². The zero-order valence-corrected chi connectivity index (χ0v) is 19.0. The van der Waals surface area contributed by atoms with E-state index in [-0.39, 0.29) is 11.9 Å². The molecule has 0 unspecified atom stereocenters. The van der Waals surface area contributed by atoms with Gasteiger partial charge in [0, 0.05) is 48.2 Å². The Labute approximate surface area is 184 Å². The molecule has 1 aliphatic rings. The Hall–Kier alpha value is -2.73. The number of fused-ring (bicyclic) bond motifs is 1. The molecule has 2 N–H and O–H groups in total. The van der Waals surface area contributed by atoms with E-state index in [0.717, 1.165) is 59.1 Å². The molecule has 6 nitrogen and oxygen atoms in total. The normalized spacial score (nSPS) is 19.2. The second kappa shape index (κ2) is 8.79. The van der Waals surface area contributed by atoms with Gasteiger partial charge in [0.25, 0.3) is 5.91 Å². The summed E-state index contributed by atoms with van der Waals surface area (Å²) in [5.74, 6) is 0.454. The predicted octanol–water partition coefficient (Wildman–Crippen LogP) is 4.49. The summed E-state index contributed by atoms with van der Waals surface area (Å²) in [5, 5.41) is 5.45. The molecule has 31 heavy (non-hydrogen) atoms. The van der Waals surface area contributed by atoms with E-state index in [1.54, 1.807) is 0 Å². The van der Waals surface area contributed by atoms with Crippen LogP contribution in [0.1, 0.15) is 68.4 Å². The van der Waals surface area contributed by atoms with Crippen LogP contribution in [0.5, 0.6) is 0 Å². The maximum atomic E-state index is 13.5. The van der Waals surface area contributed by atoms with Crippen molar-refractivity contribution < 1.29 is 4.79 Å². The van der Waals surface area contributed by atoms with Crippen LogP contribution < -0.4 is 5.73 Å². The van der Waals surface area contributed by atoms with Crippen molar-refractivity contribution in [2.24, 2.45) is 12.8 Å². The first-order valence-corrected chi connectivity index (χ1v) is 11.4. The summed E-state index contributed by atoms with van der Waals surface area (Å²) >= 11 is 0. The number of benzene rings is 1. The Bertz CT molecular complexity index is 1080. The Morgan fingerprint density at radius 2 is 1.90 bits per heavy atom. The predicted molar refractivity (Wildman–Crippen MR) is 125 cm³/mol. The zero-order valence-electron chi connectivity index (χ0n) is 19.0. The second-order valence-electron chi connectivity index (χ2n) is 8.94. The van der Waals surface area contributed by atoms with Crippen molar-refractivity contribution in [2.45, 2.75) is 64.5 Å². The number of nitrogens with zero attached hydrogens (tertiary/aromatic N) is 4. The summed E-state index contributed by atoms with van der Waals surface area (Å²) in [6.07, 6.45) is 6.02. The van der Waals surface area contributed by atoms with Crippen molar-refractivity contribution in [3.05, 3.63) is 47.8 Å². The summed E-state index contributed by atoms with van der Waals surface area (Å²) in [7, 11) is 1.92. The standard InChI is InChI=1S/C25H33N5O/c1-5-30(16(2)3)25(31)20-9-7-6-8-19(20)21-14-23(17-10-12-18(26)13-11-17)28-24-22(21)15-27-29(24)4/h6-9,14-18H,5,10-13,26H2,1-4H3. The van der Waals surface area contributed by atoms with Crippen LogP contribution in [0.4, 0.5) is 0 Å². The minimum absolute atomic E-state index is 0.0622. The van der Waals surface area contributed by atoms with E-state index in [2.05, 4.69) is 25.0 Å². The lowest BCUT2D eigenvalue weighted by Crippen LogP contribution is -2.36. The van der Waals surface area contributed by atoms with Crippen molar-refractivity contribution in [3.63, 3.8) is 0 Å². The topological polar surface area (TPSA) is 77.0 Å². The SMILES string of the molecule is CCN(C(=O)c1ccccc1-c1cc(C2CCC(N)CC2)nc2c1cnn2C)C(C)C. The highest BCUT2D eigenvalue weighted by Crippen LogP contribution is 2.37. The Balaban J connectivity index is 1.86. The third-order valence-electron chi connectivity index (χ3n) is 6.59. The first-order chi connectivity index (χ1) is 14.9. The number of pyridine rings is 1. The average Bonchev–Trinajstić information content (AvgIpc) is 3.14. The lowest BCUT2D eigenvalue weighted by atomic mass is 9.83. The summed E-state index contributed by atoms with van der Waals surface area (Å²) in [5.41, 5.74) is 10.8. The first kappa shape index (κ1) is 21.5. The minimum Gasteiger partial charge on any atom is -0.336 e. The molecule has 0 bridgehead atoms. The molecule has 1 saturated carbocycles. The number of nitrogens with two attached hydrogens (primary N) is 1. The monoisotopic (exact) mass is 419 g/mol. The number of hydrogen-bond acceptors (Lipinski definition) is 4. The van der Waals surface area contributed by atoms with Gasteiger partial charge in [0.15, 0.2) is 5.65 Å².